The molecule has 0 radical (unpaired) electrons. The summed E-state index contributed by atoms with van der Waals surface area (Å²) in [6, 6.07) is 7.12. The van der Waals surface area contributed by atoms with Crippen LogP contribution >= 0.6 is 7.60 Å². The predicted molar refractivity (Wildman–Crippen MR) is 75.1 cm³/mol. The number of rotatable bonds is 4. The Balaban J connectivity index is 1.92. The van der Waals surface area contributed by atoms with Crippen LogP contribution in [0.1, 0.15) is 12.8 Å². The van der Waals surface area contributed by atoms with Crippen molar-refractivity contribution in [3.8, 4) is 0 Å². The van der Waals surface area contributed by atoms with E-state index in [2.05, 4.69) is 5.10 Å². The molecule has 0 saturated carbocycles. The SMILES string of the molecule is C[n+]1cc(P(=O)([O-])OCC2CCCO2)c2ccccc2n1. The number of benzene rings is 1. The van der Waals surface area contributed by atoms with Crippen molar-refractivity contribution >= 4 is 23.8 Å². The highest BCUT2D eigenvalue weighted by Gasteiger charge is 2.24. The van der Waals surface area contributed by atoms with Crippen molar-refractivity contribution in [3.63, 3.8) is 0 Å². The summed E-state index contributed by atoms with van der Waals surface area (Å²) in [7, 11) is -2.47. The second kappa shape index (κ2) is 5.81. The summed E-state index contributed by atoms with van der Waals surface area (Å²) in [5.41, 5.74) is 0.620. The Morgan fingerprint density at radius 1 is 1.52 bits per heavy atom. The van der Waals surface area contributed by atoms with Gasteiger partial charge in [0.15, 0.2) is 14.6 Å². The highest BCUT2D eigenvalue weighted by atomic mass is 31.2. The molecule has 0 bridgehead atoms. The monoisotopic (exact) mass is 308 g/mol. The molecule has 0 spiro atoms. The molecule has 1 aromatic heterocycles. The Kier molecular flexibility index (Phi) is 4.04. The molecule has 6 nitrogen and oxygen atoms in total. The Bertz CT molecular complexity index is 700. The minimum atomic E-state index is -4.16. The Hall–Kier alpha value is -1.33. The summed E-state index contributed by atoms with van der Waals surface area (Å²) in [6.45, 7) is 0.742. The number of aryl methyl sites for hydroxylation is 1. The fourth-order valence-electron chi connectivity index (χ4n) is 2.47. The first-order valence-electron chi connectivity index (χ1n) is 6.90. The Morgan fingerprint density at radius 2 is 2.33 bits per heavy atom. The van der Waals surface area contributed by atoms with Crippen LogP contribution in [0.5, 0.6) is 0 Å². The highest BCUT2D eigenvalue weighted by molar-refractivity contribution is 7.60. The van der Waals surface area contributed by atoms with Crippen LogP contribution in [-0.4, -0.2) is 24.4 Å². The second-order valence-corrected chi connectivity index (χ2v) is 6.87. The first kappa shape index (κ1) is 14.6. The summed E-state index contributed by atoms with van der Waals surface area (Å²) in [4.78, 5) is 12.5. The van der Waals surface area contributed by atoms with Gasteiger partial charge in [-0.1, -0.05) is 22.9 Å². The van der Waals surface area contributed by atoms with Crippen molar-refractivity contribution < 1.29 is 23.4 Å². The van der Waals surface area contributed by atoms with Crippen molar-refractivity contribution in [1.82, 2.24) is 5.10 Å². The summed E-state index contributed by atoms with van der Waals surface area (Å²) in [5, 5.41) is 5.00. The number of aromatic nitrogens is 2. The zero-order chi connectivity index (χ0) is 14.9. The van der Waals surface area contributed by atoms with Gasteiger partial charge in [0, 0.05) is 12.0 Å². The van der Waals surface area contributed by atoms with Gasteiger partial charge in [-0.2, -0.15) is 0 Å². The molecule has 21 heavy (non-hydrogen) atoms. The summed E-state index contributed by atoms with van der Waals surface area (Å²) in [5.74, 6) is 0. The van der Waals surface area contributed by atoms with Crippen LogP contribution in [0.2, 0.25) is 0 Å². The molecule has 1 aromatic carbocycles. The molecule has 2 atom stereocenters. The molecular weight excluding hydrogens is 291 g/mol. The van der Waals surface area contributed by atoms with Gasteiger partial charge in [0.1, 0.15) is 5.52 Å². The molecule has 3 rings (SSSR count). The topological polar surface area (TPSA) is 75.4 Å². The smallest absolute Gasteiger partial charge is 0.208 e. The van der Waals surface area contributed by atoms with Crippen LogP contribution in [0.15, 0.2) is 30.5 Å². The molecule has 1 aliphatic heterocycles. The van der Waals surface area contributed by atoms with E-state index in [1.165, 1.54) is 10.9 Å². The largest absolute Gasteiger partial charge is 0.775 e. The first-order valence-corrected chi connectivity index (χ1v) is 8.44. The van der Waals surface area contributed by atoms with E-state index >= 15 is 0 Å². The number of hydrogen-bond acceptors (Lipinski definition) is 5. The van der Waals surface area contributed by atoms with Crippen molar-refractivity contribution in [2.24, 2.45) is 7.05 Å². The van der Waals surface area contributed by atoms with E-state index in [4.69, 9.17) is 9.26 Å². The number of fused-ring (bicyclic) bond motifs is 1. The van der Waals surface area contributed by atoms with Gasteiger partial charge >= 0.3 is 0 Å². The van der Waals surface area contributed by atoms with Crippen LogP contribution in [-0.2, 0) is 20.9 Å². The van der Waals surface area contributed by atoms with E-state index in [9.17, 15) is 9.46 Å². The fraction of sp³-hybridized carbons (Fsp3) is 0.429. The van der Waals surface area contributed by atoms with Crippen molar-refractivity contribution in [2.75, 3.05) is 13.2 Å². The average molecular weight is 308 g/mol. The molecule has 1 saturated heterocycles. The van der Waals surface area contributed by atoms with Crippen LogP contribution in [0, 0.1) is 0 Å². The minimum Gasteiger partial charge on any atom is -0.775 e. The zero-order valence-electron chi connectivity index (χ0n) is 11.8. The van der Waals surface area contributed by atoms with Crippen LogP contribution in [0.25, 0.3) is 10.9 Å². The quantitative estimate of drug-likeness (QED) is 0.605. The van der Waals surface area contributed by atoms with Gasteiger partial charge in [0.05, 0.1) is 18.0 Å². The molecule has 112 valence electrons. The first-order chi connectivity index (χ1) is 10.1. The van der Waals surface area contributed by atoms with Gasteiger partial charge in [-0.15, -0.1) is 0 Å². The lowest BCUT2D eigenvalue weighted by Gasteiger charge is -2.24. The van der Waals surface area contributed by atoms with Gasteiger partial charge in [-0.3, -0.25) is 0 Å². The molecule has 2 unspecified atom stereocenters. The molecule has 0 aliphatic carbocycles. The van der Waals surface area contributed by atoms with Gasteiger partial charge < -0.3 is 18.7 Å². The van der Waals surface area contributed by atoms with E-state index in [1.54, 1.807) is 25.2 Å². The Labute approximate surface area is 122 Å². The molecule has 2 aromatic rings. The van der Waals surface area contributed by atoms with Gasteiger partial charge in [0.25, 0.3) is 0 Å². The summed E-state index contributed by atoms with van der Waals surface area (Å²) < 4.78 is 24.5. The summed E-state index contributed by atoms with van der Waals surface area (Å²) in [6.07, 6.45) is 3.13. The van der Waals surface area contributed by atoms with Crippen LogP contribution < -0.4 is 14.9 Å². The zero-order valence-corrected chi connectivity index (χ0v) is 12.7. The predicted octanol–water partition coefficient (Wildman–Crippen LogP) is 0.434. The maximum atomic E-state index is 12.5. The Morgan fingerprint density at radius 3 is 3.10 bits per heavy atom. The number of hydrogen-bond donors (Lipinski definition) is 0. The average Bonchev–Trinajstić information content (AvgIpc) is 2.97. The second-order valence-electron chi connectivity index (χ2n) is 5.13. The van der Waals surface area contributed by atoms with Gasteiger partial charge in [0.2, 0.25) is 6.20 Å². The van der Waals surface area contributed by atoms with E-state index in [0.717, 1.165) is 12.8 Å². The molecule has 1 aliphatic rings. The van der Waals surface area contributed by atoms with Crippen molar-refractivity contribution in [3.05, 3.63) is 30.5 Å². The van der Waals surface area contributed by atoms with E-state index in [1.807, 2.05) is 6.07 Å². The van der Waals surface area contributed by atoms with Crippen molar-refractivity contribution in [1.29, 1.82) is 0 Å². The molecule has 1 fully saturated rings. The minimum absolute atomic E-state index is 0.0706. The van der Waals surface area contributed by atoms with E-state index in [-0.39, 0.29) is 18.0 Å². The lowest BCUT2D eigenvalue weighted by atomic mass is 10.2. The van der Waals surface area contributed by atoms with Crippen LogP contribution in [0.3, 0.4) is 0 Å². The van der Waals surface area contributed by atoms with Crippen molar-refractivity contribution in [2.45, 2.75) is 18.9 Å². The lowest BCUT2D eigenvalue weighted by molar-refractivity contribution is -0.727. The van der Waals surface area contributed by atoms with Gasteiger partial charge in [-0.25, -0.2) is 0 Å². The van der Waals surface area contributed by atoms with Gasteiger partial charge in [-0.05, 0) is 24.0 Å². The fourth-order valence-corrected chi connectivity index (χ4v) is 3.76. The molecule has 7 heteroatoms. The molecule has 0 N–H and O–H groups in total. The van der Waals surface area contributed by atoms with Crippen LogP contribution in [0.4, 0.5) is 0 Å². The third-order valence-corrected chi connectivity index (χ3v) is 4.94. The lowest BCUT2D eigenvalue weighted by Crippen LogP contribution is -2.38. The molecular formula is C14H17N2O4P. The molecule has 0 amide bonds. The molecule has 2 heterocycles. The normalized spacial score (nSPS) is 21.5. The number of ether oxygens (including phenoxy) is 1. The summed E-state index contributed by atoms with van der Waals surface area (Å²) >= 11 is 0. The maximum absolute atomic E-state index is 12.5. The standard InChI is InChI=1S/C14H17N2O4P/c1-16-9-14(12-6-2-3-7-13(12)15-16)21(17,18)20-10-11-5-4-8-19-11/h2-3,6-7,9,11H,4-5,8,10H2,1H3. The van der Waals surface area contributed by atoms with E-state index in [0.29, 0.717) is 17.5 Å². The third kappa shape index (κ3) is 3.14. The third-order valence-electron chi connectivity index (χ3n) is 3.50. The maximum Gasteiger partial charge on any atom is 0.208 e. The van der Waals surface area contributed by atoms with E-state index < -0.39 is 7.60 Å². The number of nitrogens with zero attached hydrogens (tertiary/aromatic N) is 2. The highest BCUT2D eigenvalue weighted by Crippen LogP contribution is 2.38.